The summed E-state index contributed by atoms with van der Waals surface area (Å²) < 4.78 is 136. The van der Waals surface area contributed by atoms with Crippen LogP contribution >= 0.6 is 0 Å². The average Bonchev–Trinajstić information content (AvgIpc) is 3.37. The van der Waals surface area contributed by atoms with Gasteiger partial charge in [0.25, 0.3) is 0 Å². The van der Waals surface area contributed by atoms with E-state index in [1.165, 1.54) is 0 Å². The third-order valence-electron chi connectivity index (χ3n) is 9.15. The predicted octanol–water partition coefficient (Wildman–Crippen LogP) is 13.3. The molecule has 0 bridgehead atoms. The molecule has 0 fully saturated rings. The summed E-state index contributed by atoms with van der Waals surface area (Å²) in [5.74, 6) is 0.0447. The van der Waals surface area contributed by atoms with Gasteiger partial charge in [-0.1, -0.05) is 182 Å². The van der Waals surface area contributed by atoms with Crippen molar-refractivity contribution in [1.29, 1.82) is 0 Å². The Bertz CT molecular complexity index is 3790. The van der Waals surface area contributed by atoms with E-state index in [0.29, 0.717) is 11.1 Å². The van der Waals surface area contributed by atoms with Crippen LogP contribution in [0.1, 0.15) is 20.6 Å². The van der Waals surface area contributed by atoms with E-state index in [1.54, 1.807) is 30.3 Å². The van der Waals surface area contributed by atoms with Crippen LogP contribution in [0.25, 0.3) is 99.9 Å². The molecule has 10 aromatic rings. The zero-order chi connectivity index (χ0) is 48.9. The molecular weight excluding hydrogens is 655 g/mol. The first kappa shape index (κ1) is 19.6. The van der Waals surface area contributed by atoms with E-state index in [0.717, 1.165) is 22.3 Å². The molecule has 0 unspecified atom stereocenters. The minimum absolute atomic E-state index is 0.141. The van der Waals surface area contributed by atoms with Crippen LogP contribution in [0.5, 0.6) is 0 Å². The second-order valence-electron chi connectivity index (χ2n) is 12.4. The summed E-state index contributed by atoms with van der Waals surface area (Å²) in [5.41, 5.74) is 3.48. The van der Waals surface area contributed by atoms with Crippen LogP contribution in [0.2, 0.25) is 0 Å². The molecule has 0 spiro atoms. The second-order valence-corrected chi connectivity index (χ2v) is 12.4. The summed E-state index contributed by atoms with van der Waals surface area (Å²) in [4.78, 5) is 14.3. The molecule has 0 radical (unpaired) electrons. The summed E-state index contributed by atoms with van der Waals surface area (Å²) in [6.07, 6.45) is 0. The Hall–Kier alpha value is -7.23. The van der Waals surface area contributed by atoms with Crippen LogP contribution in [0.15, 0.2) is 200 Å². The lowest BCUT2D eigenvalue weighted by molar-refractivity contribution is 1.07. The van der Waals surface area contributed by atoms with Crippen molar-refractivity contribution in [3.05, 3.63) is 200 Å². The van der Waals surface area contributed by atoms with Crippen LogP contribution < -0.4 is 0 Å². The Balaban J connectivity index is 1.24. The van der Waals surface area contributed by atoms with E-state index in [1.807, 2.05) is 78.9 Å². The third kappa shape index (κ3) is 5.78. The van der Waals surface area contributed by atoms with Gasteiger partial charge in [-0.25, -0.2) is 15.0 Å². The SMILES string of the molecule is [2H]c1c([2H])c(-c2nc(-c3ccccc3)nc(-c3cccc(-c4ccc(-c5ccccc5)cc4)c3)n2)c([2H])c(-c2c([2H])c([2H])c3c4c([2H])c([2H])c([2H])c([2H])c4c4c([2H])c([2H])c([2H])c([2H])c4c3c2[2H])c1[2H]. The van der Waals surface area contributed by atoms with E-state index in [-0.39, 0.29) is 50.0 Å². The lowest BCUT2D eigenvalue weighted by Crippen LogP contribution is -2.00. The first-order valence-electron chi connectivity index (χ1n) is 24.6. The number of hydrogen-bond acceptors (Lipinski definition) is 3. The van der Waals surface area contributed by atoms with Crippen molar-refractivity contribution in [3.63, 3.8) is 0 Å². The molecule has 0 amide bonds. The largest absolute Gasteiger partial charge is 0.208 e. The van der Waals surface area contributed by atoms with E-state index < -0.39 is 107 Å². The minimum Gasteiger partial charge on any atom is -0.208 e. The molecule has 9 aromatic carbocycles. The highest BCUT2D eigenvalue weighted by Crippen LogP contribution is 2.38. The van der Waals surface area contributed by atoms with Gasteiger partial charge in [0.05, 0.1) is 20.6 Å². The topological polar surface area (TPSA) is 38.7 Å². The van der Waals surface area contributed by atoms with Crippen LogP contribution in [0.4, 0.5) is 0 Å². The fraction of sp³-hybridized carbons (Fsp3) is 0. The maximum Gasteiger partial charge on any atom is 0.164 e. The smallest absolute Gasteiger partial charge is 0.164 e. The summed E-state index contributed by atoms with van der Waals surface area (Å²) in [7, 11) is 0. The average molecular weight is 703 g/mol. The Morgan fingerprint density at radius 2 is 0.722 bits per heavy atom. The number of rotatable bonds is 6. The lowest BCUT2D eigenvalue weighted by Gasteiger charge is -2.13. The number of nitrogens with zero attached hydrogens (tertiary/aromatic N) is 3. The molecule has 1 aromatic heterocycles. The first-order chi connectivity index (χ1) is 33.0. The van der Waals surface area contributed by atoms with Crippen molar-refractivity contribution < 1.29 is 20.6 Å². The maximum absolute atomic E-state index is 9.75. The molecule has 54 heavy (non-hydrogen) atoms. The molecule has 0 aliphatic heterocycles. The lowest BCUT2D eigenvalue weighted by atomic mass is 9.92. The van der Waals surface area contributed by atoms with Gasteiger partial charge in [-0.05, 0) is 83.8 Å². The van der Waals surface area contributed by atoms with Gasteiger partial charge in [0, 0.05) is 16.7 Å². The Kier molecular flexibility index (Phi) is 4.85. The summed E-state index contributed by atoms with van der Waals surface area (Å²) in [6, 6.07) is 23.8. The fourth-order valence-corrected chi connectivity index (χ4v) is 6.52. The van der Waals surface area contributed by atoms with Gasteiger partial charge >= 0.3 is 0 Å². The van der Waals surface area contributed by atoms with Crippen LogP contribution in [0.3, 0.4) is 0 Å². The summed E-state index contributed by atoms with van der Waals surface area (Å²) in [6.45, 7) is 0. The third-order valence-corrected chi connectivity index (χ3v) is 9.15. The van der Waals surface area contributed by atoms with Gasteiger partial charge < -0.3 is 0 Å². The first-order valence-corrected chi connectivity index (χ1v) is 17.1. The summed E-state index contributed by atoms with van der Waals surface area (Å²) >= 11 is 0. The van der Waals surface area contributed by atoms with Crippen LogP contribution in [-0.4, -0.2) is 15.0 Å². The van der Waals surface area contributed by atoms with Gasteiger partial charge in [-0.3, -0.25) is 0 Å². The summed E-state index contributed by atoms with van der Waals surface area (Å²) in [5, 5.41) is -2.19. The predicted molar refractivity (Wildman–Crippen MR) is 225 cm³/mol. The van der Waals surface area contributed by atoms with Crippen LogP contribution in [-0.2, 0) is 0 Å². The van der Waals surface area contributed by atoms with Crippen LogP contribution in [0, 0.1) is 0 Å². The van der Waals surface area contributed by atoms with Crippen molar-refractivity contribution in [1.82, 2.24) is 15.0 Å². The number of benzene rings is 9. The number of fused-ring (bicyclic) bond motifs is 6. The van der Waals surface area contributed by atoms with Gasteiger partial charge in [-0.15, -0.1) is 0 Å². The molecule has 0 saturated carbocycles. The fourth-order valence-electron chi connectivity index (χ4n) is 6.52. The van der Waals surface area contributed by atoms with Gasteiger partial charge in [0.15, 0.2) is 17.5 Å². The van der Waals surface area contributed by atoms with E-state index in [9.17, 15) is 8.22 Å². The zero-order valence-corrected chi connectivity index (χ0v) is 28.2. The molecule has 0 aliphatic carbocycles. The standard InChI is InChI=1S/C51H33N3/c1-3-13-34(14-4-1)35-25-27-36(28-26-35)38-17-11-19-41(31-38)50-52-49(37-15-5-2-6-16-37)53-51(54-50)42-20-12-18-39(32-42)40-29-30-47-45-23-8-7-21-43(45)44-22-9-10-24-46(44)48(47)33-40/h1-33H/i7D,8D,9D,10D,12D,18D,20D,21D,22D,23D,24D,29D,30D,32D,33D. The highest BCUT2D eigenvalue weighted by Gasteiger charge is 2.15. The molecule has 1 heterocycles. The maximum atomic E-state index is 9.75. The number of aromatic nitrogens is 3. The quantitative estimate of drug-likeness (QED) is 0.162. The molecular formula is C51H33N3. The Morgan fingerprint density at radius 3 is 1.37 bits per heavy atom. The van der Waals surface area contributed by atoms with Crippen molar-refractivity contribution in [2.45, 2.75) is 0 Å². The second kappa shape index (κ2) is 13.4. The molecule has 0 saturated heterocycles. The number of hydrogen-bond donors (Lipinski definition) is 0. The normalized spacial score (nSPS) is 15.2. The molecule has 0 atom stereocenters. The van der Waals surface area contributed by atoms with E-state index in [4.69, 9.17) is 27.3 Å². The highest BCUT2D eigenvalue weighted by atomic mass is 15.0. The zero-order valence-electron chi connectivity index (χ0n) is 43.2. The molecule has 252 valence electrons. The van der Waals surface area contributed by atoms with Crippen molar-refractivity contribution >= 4 is 32.3 Å². The van der Waals surface area contributed by atoms with Crippen molar-refractivity contribution in [2.75, 3.05) is 0 Å². The Labute approximate surface area is 335 Å². The minimum atomic E-state index is -0.776. The van der Waals surface area contributed by atoms with Crippen molar-refractivity contribution in [3.8, 4) is 67.5 Å². The van der Waals surface area contributed by atoms with Crippen molar-refractivity contribution in [2.24, 2.45) is 0 Å². The van der Waals surface area contributed by atoms with E-state index in [2.05, 4.69) is 0 Å². The molecule has 0 N–H and O–H groups in total. The monoisotopic (exact) mass is 702 g/mol. The van der Waals surface area contributed by atoms with E-state index >= 15 is 0 Å². The Morgan fingerprint density at radius 1 is 0.278 bits per heavy atom. The van der Waals surface area contributed by atoms with Gasteiger partial charge in [-0.2, -0.15) is 0 Å². The molecule has 3 nitrogen and oxygen atoms in total. The molecule has 10 rings (SSSR count). The highest BCUT2D eigenvalue weighted by molar-refractivity contribution is 6.25. The molecule has 3 heteroatoms. The molecule has 0 aliphatic rings. The van der Waals surface area contributed by atoms with Gasteiger partial charge in [0.1, 0.15) is 0 Å². The van der Waals surface area contributed by atoms with Gasteiger partial charge in [0.2, 0.25) is 0 Å².